The number of hydrogen-bond acceptors (Lipinski definition) is 3. The molecule has 0 bridgehead atoms. The Bertz CT molecular complexity index is 2280. The van der Waals surface area contributed by atoms with Gasteiger partial charge in [0.1, 0.15) is 0 Å². The van der Waals surface area contributed by atoms with E-state index in [-0.39, 0.29) is 25.5 Å². The third-order valence-corrected chi connectivity index (χ3v) is 13.7. The maximum atomic E-state index is 4.77. The second-order valence-electron chi connectivity index (χ2n) is 16.4. The van der Waals surface area contributed by atoms with Crippen molar-refractivity contribution in [1.29, 1.82) is 0 Å². The number of hydrogen-bond donors (Lipinski definition) is 0. The van der Waals surface area contributed by atoms with E-state index in [1.165, 1.54) is 75.4 Å². The van der Waals surface area contributed by atoms with Crippen molar-refractivity contribution in [2.45, 2.75) is 84.4 Å². The van der Waals surface area contributed by atoms with Gasteiger partial charge in [0, 0.05) is 37.2 Å². The summed E-state index contributed by atoms with van der Waals surface area (Å²) in [7, 11) is -1.36. The number of benzene rings is 4. The van der Waals surface area contributed by atoms with Crippen molar-refractivity contribution in [3.05, 3.63) is 139 Å². The summed E-state index contributed by atoms with van der Waals surface area (Å²) in [6, 6.07) is 43.2. The Morgan fingerprint density at radius 2 is 1.51 bits per heavy atom. The maximum Gasteiger partial charge on any atom is 0.0798 e. The van der Waals surface area contributed by atoms with Crippen LogP contribution in [0.2, 0.25) is 19.6 Å². The van der Waals surface area contributed by atoms with Gasteiger partial charge < -0.3 is 9.97 Å². The SMILES string of the molecule is CC(C)(C)c1ccnc(-c2[c-]cc3c(c2)sc2c(-c4ccccc4)cccc23)c1.C[Si](C)(C)c1cnc(-c2[c-]cccc2)cc1CC1CCCCC1.[Ir]. The van der Waals surface area contributed by atoms with Crippen molar-refractivity contribution in [3.63, 3.8) is 0 Å². The zero-order chi connectivity index (χ0) is 36.3. The van der Waals surface area contributed by atoms with Crippen molar-refractivity contribution >= 4 is 44.8 Å². The molecule has 1 aliphatic rings. The summed E-state index contributed by atoms with van der Waals surface area (Å²) in [6.07, 6.45) is 12.4. The van der Waals surface area contributed by atoms with Crippen molar-refractivity contribution in [3.8, 4) is 33.6 Å². The molecule has 8 rings (SSSR count). The zero-order valence-electron chi connectivity index (χ0n) is 31.9. The number of aromatic nitrogens is 2. The molecule has 0 unspecified atom stereocenters. The Balaban J connectivity index is 0.000000183. The topological polar surface area (TPSA) is 25.8 Å². The summed E-state index contributed by atoms with van der Waals surface area (Å²) in [5.74, 6) is 0.869. The van der Waals surface area contributed by atoms with E-state index in [0.29, 0.717) is 0 Å². The molecule has 1 aliphatic carbocycles. The van der Waals surface area contributed by atoms with Crippen LogP contribution in [0.3, 0.4) is 0 Å². The number of pyridine rings is 2. The van der Waals surface area contributed by atoms with Crippen LogP contribution in [0.1, 0.15) is 64.0 Å². The van der Waals surface area contributed by atoms with Gasteiger partial charge in [-0.15, -0.1) is 59.7 Å². The fourth-order valence-electron chi connectivity index (χ4n) is 7.52. The molecule has 0 amide bonds. The molecule has 273 valence electrons. The van der Waals surface area contributed by atoms with Gasteiger partial charge in [0.2, 0.25) is 0 Å². The van der Waals surface area contributed by atoms with Crippen LogP contribution in [0.15, 0.2) is 116 Å². The van der Waals surface area contributed by atoms with Gasteiger partial charge in [-0.1, -0.05) is 144 Å². The minimum Gasteiger partial charge on any atom is -0.305 e. The van der Waals surface area contributed by atoms with Crippen LogP contribution in [-0.2, 0) is 31.9 Å². The van der Waals surface area contributed by atoms with E-state index in [1.807, 2.05) is 29.7 Å². The third kappa shape index (κ3) is 9.15. The number of rotatable bonds is 6. The molecule has 0 saturated heterocycles. The van der Waals surface area contributed by atoms with E-state index in [4.69, 9.17) is 4.98 Å². The van der Waals surface area contributed by atoms with E-state index in [2.05, 4.69) is 155 Å². The van der Waals surface area contributed by atoms with Gasteiger partial charge in [-0.05, 0) is 67.2 Å². The predicted molar refractivity (Wildman–Crippen MR) is 227 cm³/mol. The summed E-state index contributed by atoms with van der Waals surface area (Å²) in [4.78, 5) is 9.40. The molecule has 7 aromatic rings. The summed E-state index contributed by atoms with van der Waals surface area (Å²) in [6.45, 7) is 14.0. The smallest absolute Gasteiger partial charge is 0.0798 e. The van der Waals surface area contributed by atoms with Gasteiger partial charge in [0.25, 0.3) is 0 Å². The molecule has 0 atom stereocenters. The first-order valence-electron chi connectivity index (χ1n) is 18.9. The van der Waals surface area contributed by atoms with Crippen LogP contribution in [0.4, 0.5) is 0 Å². The molecule has 53 heavy (non-hydrogen) atoms. The molecular weight excluding hydrogens is 857 g/mol. The van der Waals surface area contributed by atoms with E-state index in [9.17, 15) is 0 Å². The Kier molecular flexibility index (Phi) is 12.3. The van der Waals surface area contributed by atoms with Crippen LogP contribution in [0, 0.1) is 18.1 Å². The standard InChI is InChI=1S/C27H22NS.C21H28NSi.Ir/c1-27(2,3)20-14-15-28-24(17-20)19-12-13-22-23-11-7-10-21(18-8-5-4-6-9-18)26(23)29-25(22)16-19;1-23(2,3)21-16-22-20(18-12-8-5-9-13-18)15-19(21)14-17-10-6-4-7-11-17;/h4-11,13-17H,1-3H3;5,8-9,12,15-17H,4,6-7,10-11,14H2,1-3H3;/q2*-1;. The second kappa shape index (κ2) is 16.7. The molecule has 0 aliphatic heterocycles. The average Bonchev–Trinajstić information content (AvgIpc) is 3.54. The van der Waals surface area contributed by atoms with Gasteiger partial charge in [-0.3, -0.25) is 0 Å². The molecule has 4 aromatic carbocycles. The summed E-state index contributed by atoms with van der Waals surface area (Å²) in [5.41, 5.74) is 9.72. The molecule has 0 spiro atoms. The fraction of sp³-hybridized carbons (Fsp3) is 0.292. The molecule has 1 fully saturated rings. The van der Waals surface area contributed by atoms with Crippen LogP contribution in [-0.4, -0.2) is 18.0 Å². The quantitative estimate of drug-likeness (QED) is 0.123. The minimum atomic E-state index is -1.36. The van der Waals surface area contributed by atoms with E-state index >= 15 is 0 Å². The Morgan fingerprint density at radius 3 is 2.23 bits per heavy atom. The summed E-state index contributed by atoms with van der Waals surface area (Å²) >= 11 is 1.85. The van der Waals surface area contributed by atoms with Gasteiger partial charge in [-0.2, -0.15) is 11.3 Å². The molecular formula is C48H50IrN2SSi-2. The molecule has 5 heteroatoms. The van der Waals surface area contributed by atoms with E-state index in [0.717, 1.165) is 28.4 Å². The van der Waals surface area contributed by atoms with Gasteiger partial charge >= 0.3 is 0 Å². The number of nitrogens with zero attached hydrogens (tertiary/aromatic N) is 2. The largest absolute Gasteiger partial charge is 0.305 e. The normalized spacial score (nSPS) is 13.7. The first-order chi connectivity index (χ1) is 25.0. The molecule has 1 radical (unpaired) electrons. The molecule has 0 N–H and O–H groups in total. The van der Waals surface area contributed by atoms with Crippen molar-refractivity contribution in [2.75, 3.05) is 0 Å². The predicted octanol–water partition coefficient (Wildman–Crippen LogP) is 13.1. The summed E-state index contributed by atoms with van der Waals surface area (Å²) in [5, 5.41) is 4.10. The van der Waals surface area contributed by atoms with Crippen molar-refractivity contribution in [1.82, 2.24) is 9.97 Å². The zero-order valence-corrected chi connectivity index (χ0v) is 36.1. The molecule has 2 nitrogen and oxygen atoms in total. The van der Waals surface area contributed by atoms with Crippen LogP contribution in [0.25, 0.3) is 53.8 Å². The van der Waals surface area contributed by atoms with Crippen molar-refractivity contribution < 1.29 is 20.1 Å². The van der Waals surface area contributed by atoms with Gasteiger partial charge in [-0.25, -0.2) is 0 Å². The molecule has 3 aromatic heterocycles. The van der Waals surface area contributed by atoms with Crippen LogP contribution >= 0.6 is 11.3 Å². The minimum absolute atomic E-state index is 0. The Labute approximate surface area is 335 Å². The van der Waals surface area contributed by atoms with Crippen molar-refractivity contribution in [2.24, 2.45) is 5.92 Å². The Morgan fingerprint density at radius 1 is 0.755 bits per heavy atom. The molecule has 1 saturated carbocycles. The third-order valence-electron chi connectivity index (χ3n) is 10.4. The monoisotopic (exact) mass is 907 g/mol. The number of fused-ring (bicyclic) bond motifs is 3. The van der Waals surface area contributed by atoms with Gasteiger partial charge in [0.05, 0.1) is 8.07 Å². The average molecular weight is 907 g/mol. The Hall–Kier alpha value is -3.73. The second-order valence-corrected chi connectivity index (χ2v) is 22.5. The fourth-order valence-corrected chi connectivity index (χ4v) is 10.4. The number of thiophene rings is 1. The first kappa shape index (κ1) is 39.0. The van der Waals surface area contributed by atoms with Crippen LogP contribution < -0.4 is 5.19 Å². The molecule has 3 heterocycles. The maximum absolute atomic E-state index is 4.77. The van der Waals surface area contributed by atoms with Crippen LogP contribution in [0.5, 0.6) is 0 Å². The van der Waals surface area contributed by atoms with E-state index < -0.39 is 8.07 Å². The van der Waals surface area contributed by atoms with Gasteiger partial charge in [0.15, 0.2) is 0 Å². The first-order valence-corrected chi connectivity index (χ1v) is 23.2. The summed E-state index contributed by atoms with van der Waals surface area (Å²) < 4.78 is 2.61. The van der Waals surface area contributed by atoms with E-state index in [1.54, 1.807) is 10.8 Å².